The topological polar surface area (TPSA) is 24.9 Å². The zero-order chi connectivity index (χ0) is 15.5. The van der Waals surface area contributed by atoms with Crippen LogP contribution in [0.25, 0.3) is 0 Å². The molecule has 1 heterocycles. The average molecular weight is 311 g/mol. The van der Waals surface area contributed by atoms with Gasteiger partial charge in [-0.25, -0.2) is 4.98 Å². The van der Waals surface area contributed by atoms with Crippen LogP contribution in [0.5, 0.6) is 0 Å². The van der Waals surface area contributed by atoms with Crippen molar-refractivity contribution in [3.63, 3.8) is 0 Å². The third kappa shape index (κ3) is 7.42. The Labute approximate surface area is 135 Å². The molecule has 0 aliphatic rings. The third-order valence-electron chi connectivity index (χ3n) is 4.09. The first-order valence-electron chi connectivity index (χ1n) is 8.91. The lowest BCUT2D eigenvalue weighted by atomic mass is 10.0. The van der Waals surface area contributed by atoms with Crippen LogP contribution in [0.4, 0.5) is 0 Å². The fraction of sp³-hybridized carbons (Fsp3) is 0.833. The zero-order valence-corrected chi connectivity index (χ0v) is 15.3. The first-order valence-corrected chi connectivity index (χ1v) is 9.73. The summed E-state index contributed by atoms with van der Waals surface area (Å²) in [6.45, 7) is 9.03. The minimum atomic E-state index is 0.392. The summed E-state index contributed by atoms with van der Waals surface area (Å²) in [6.07, 6.45) is 13.8. The highest BCUT2D eigenvalue weighted by atomic mass is 32.1. The fourth-order valence-electron chi connectivity index (χ4n) is 2.70. The standard InChI is InChI=1S/C18H34N2S/c1-5-8-10-12-16(13-11-9-6-2)20-15(4)18-19-14-17(7-3)21-18/h14-16,20H,5-13H2,1-4H3. The van der Waals surface area contributed by atoms with Gasteiger partial charge in [0.1, 0.15) is 5.01 Å². The highest BCUT2D eigenvalue weighted by molar-refractivity contribution is 7.11. The summed E-state index contributed by atoms with van der Waals surface area (Å²) in [4.78, 5) is 5.98. The van der Waals surface area contributed by atoms with Crippen molar-refractivity contribution in [2.45, 2.75) is 97.6 Å². The normalized spacial score (nSPS) is 13.0. The second kappa shape index (κ2) is 11.2. The Morgan fingerprint density at radius 1 is 1.05 bits per heavy atom. The molecule has 1 rings (SSSR count). The highest BCUT2D eigenvalue weighted by Crippen LogP contribution is 2.22. The van der Waals surface area contributed by atoms with E-state index in [0.29, 0.717) is 12.1 Å². The van der Waals surface area contributed by atoms with Crippen molar-refractivity contribution in [2.75, 3.05) is 0 Å². The molecule has 1 aromatic heterocycles. The van der Waals surface area contributed by atoms with Crippen LogP contribution >= 0.6 is 11.3 Å². The Kier molecular flexibility index (Phi) is 9.94. The van der Waals surface area contributed by atoms with Crippen LogP contribution in [0.1, 0.15) is 95.0 Å². The van der Waals surface area contributed by atoms with Crippen LogP contribution < -0.4 is 5.32 Å². The van der Waals surface area contributed by atoms with Gasteiger partial charge in [-0.15, -0.1) is 11.3 Å². The fourth-order valence-corrected chi connectivity index (χ4v) is 3.57. The van der Waals surface area contributed by atoms with Crippen LogP contribution in [-0.4, -0.2) is 11.0 Å². The second-order valence-corrected chi connectivity index (χ2v) is 7.24. The Balaban J connectivity index is 2.47. The van der Waals surface area contributed by atoms with Gasteiger partial charge >= 0.3 is 0 Å². The van der Waals surface area contributed by atoms with Crippen LogP contribution in [0.3, 0.4) is 0 Å². The molecule has 2 nitrogen and oxygen atoms in total. The van der Waals surface area contributed by atoms with E-state index in [0.717, 1.165) is 6.42 Å². The van der Waals surface area contributed by atoms with Crippen molar-refractivity contribution in [3.8, 4) is 0 Å². The van der Waals surface area contributed by atoms with Crippen molar-refractivity contribution in [1.29, 1.82) is 0 Å². The molecule has 0 aromatic carbocycles. The summed E-state index contributed by atoms with van der Waals surface area (Å²) in [5.41, 5.74) is 0. The number of aryl methyl sites for hydroxylation is 1. The summed E-state index contributed by atoms with van der Waals surface area (Å²) >= 11 is 1.87. The molecule has 0 radical (unpaired) electrons. The van der Waals surface area contributed by atoms with E-state index in [1.165, 1.54) is 61.3 Å². The Morgan fingerprint density at radius 3 is 2.14 bits per heavy atom. The maximum atomic E-state index is 4.59. The van der Waals surface area contributed by atoms with Crippen molar-refractivity contribution in [2.24, 2.45) is 0 Å². The Bertz CT molecular complexity index is 352. The third-order valence-corrected chi connectivity index (χ3v) is 5.41. The highest BCUT2D eigenvalue weighted by Gasteiger charge is 2.15. The van der Waals surface area contributed by atoms with E-state index in [4.69, 9.17) is 0 Å². The molecule has 122 valence electrons. The van der Waals surface area contributed by atoms with Gasteiger partial charge in [-0.1, -0.05) is 59.3 Å². The van der Waals surface area contributed by atoms with Crippen molar-refractivity contribution >= 4 is 11.3 Å². The van der Waals surface area contributed by atoms with E-state index >= 15 is 0 Å². The lowest BCUT2D eigenvalue weighted by Gasteiger charge is -2.22. The molecule has 1 aromatic rings. The molecule has 1 N–H and O–H groups in total. The van der Waals surface area contributed by atoms with E-state index in [-0.39, 0.29) is 0 Å². The van der Waals surface area contributed by atoms with Gasteiger partial charge in [-0.3, -0.25) is 0 Å². The smallest absolute Gasteiger partial charge is 0.109 e. The molecule has 0 saturated heterocycles. The summed E-state index contributed by atoms with van der Waals surface area (Å²) in [5, 5.41) is 5.09. The predicted octanol–water partition coefficient (Wildman–Crippen LogP) is 5.89. The van der Waals surface area contributed by atoms with Crippen LogP contribution in [0.15, 0.2) is 6.20 Å². The van der Waals surface area contributed by atoms with Gasteiger partial charge in [-0.05, 0) is 26.2 Å². The number of rotatable bonds is 12. The summed E-state index contributed by atoms with van der Waals surface area (Å²) < 4.78 is 0. The molecule has 0 amide bonds. The van der Waals surface area contributed by atoms with E-state index in [9.17, 15) is 0 Å². The van der Waals surface area contributed by atoms with E-state index in [2.05, 4.69) is 38.0 Å². The second-order valence-electron chi connectivity index (χ2n) is 6.10. The SMILES string of the molecule is CCCCCC(CCCCC)NC(C)c1ncc(CC)s1. The van der Waals surface area contributed by atoms with E-state index < -0.39 is 0 Å². The largest absolute Gasteiger partial charge is 0.305 e. The van der Waals surface area contributed by atoms with E-state index in [1.807, 2.05) is 17.5 Å². The number of nitrogens with zero attached hydrogens (tertiary/aromatic N) is 1. The number of aromatic nitrogens is 1. The van der Waals surface area contributed by atoms with Crippen LogP contribution in [0, 0.1) is 0 Å². The molecule has 0 aliphatic carbocycles. The lowest BCUT2D eigenvalue weighted by Crippen LogP contribution is -2.31. The maximum absolute atomic E-state index is 4.59. The molecule has 0 spiro atoms. The summed E-state index contributed by atoms with van der Waals surface area (Å²) in [5.74, 6) is 0. The first-order chi connectivity index (χ1) is 10.2. The van der Waals surface area contributed by atoms with Crippen molar-refractivity contribution < 1.29 is 0 Å². The molecular weight excluding hydrogens is 276 g/mol. The van der Waals surface area contributed by atoms with Crippen LogP contribution in [0.2, 0.25) is 0 Å². The van der Waals surface area contributed by atoms with Gasteiger partial charge < -0.3 is 5.32 Å². The summed E-state index contributed by atoms with van der Waals surface area (Å²) in [7, 11) is 0. The number of thiazole rings is 1. The van der Waals surface area contributed by atoms with Crippen molar-refractivity contribution in [3.05, 3.63) is 16.1 Å². The Morgan fingerprint density at radius 2 is 1.67 bits per heavy atom. The number of hydrogen-bond donors (Lipinski definition) is 1. The average Bonchev–Trinajstić information content (AvgIpc) is 2.96. The molecule has 1 unspecified atom stereocenters. The molecule has 21 heavy (non-hydrogen) atoms. The van der Waals surface area contributed by atoms with Crippen molar-refractivity contribution in [1.82, 2.24) is 10.3 Å². The Hall–Kier alpha value is -0.410. The molecule has 1 atom stereocenters. The predicted molar refractivity (Wildman–Crippen MR) is 95.1 cm³/mol. The summed E-state index contributed by atoms with van der Waals surface area (Å²) in [6, 6.07) is 1.05. The molecule has 0 bridgehead atoms. The molecule has 3 heteroatoms. The quantitative estimate of drug-likeness (QED) is 0.487. The number of nitrogens with one attached hydrogen (secondary N) is 1. The zero-order valence-electron chi connectivity index (χ0n) is 14.5. The van der Waals surface area contributed by atoms with E-state index in [1.54, 1.807) is 0 Å². The maximum Gasteiger partial charge on any atom is 0.109 e. The molecular formula is C18H34N2S. The molecule has 0 saturated carbocycles. The number of hydrogen-bond acceptors (Lipinski definition) is 3. The monoisotopic (exact) mass is 310 g/mol. The van der Waals surface area contributed by atoms with Gasteiger partial charge in [0.25, 0.3) is 0 Å². The van der Waals surface area contributed by atoms with Gasteiger partial charge in [0, 0.05) is 17.1 Å². The van der Waals surface area contributed by atoms with Crippen LogP contribution in [-0.2, 0) is 6.42 Å². The minimum absolute atomic E-state index is 0.392. The molecule has 0 aliphatic heterocycles. The molecule has 0 fully saturated rings. The van der Waals surface area contributed by atoms with Gasteiger partial charge in [0.2, 0.25) is 0 Å². The minimum Gasteiger partial charge on any atom is -0.305 e. The first kappa shape index (κ1) is 18.6. The lowest BCUT2D eigenvalue weighted by molar-refractivity contribution is 0.384. The van der Waals surface area contributed by atoms with Gasteiger partial charge in [-0.2, -0.15) is 0 Å². The van der Waals surface area contributed by atoms with Gasteiger partial charge in [0.15, 0.2) is 0 Å². The number of unbranched alkanes of at least 4 members (excludes halogenated alkanes) is 4. The van der Waals surface area contributed by atoms with Gasteiger partial charge in [0.05, 0.1) is 6.04 Å².